The topological polar surface area (TPSA) is 73.9 Å². The van der Waals surface area contributed by atoms with Crippen LogP contribution in [0.25, 0.3) is 11.7 Å². The molecule has 0 aliphatic heterocycles. The van der Waals surface area contributed by atoms with Crippen molar-refractivity contribution >= 4 is 0 Å². The van der Waals surface area contributed by atoms with Crippen molar-refractivity contribution < 1.29 is 9.26 Å². The number of benzene rings is 2. The van der Waals surface area contributed by atoms with Crippen LogP contribution in [-0.2, 0) is 5.41 Å². The van der Waals surface area contributed by atoms with Crippen LogP contribution in [0, 0.1) is 13.8 Å². The highest BCUT2D eigenvalue weighted by Gasteiger charge is 2.45. The fourth-order valence-corrected chi connectivity index (χ4v) is 3.59. The van der Waals surface area contributed by atoms with Gasteiger partial charge in [-0.25, -0.2) is 9.97 Å². The molecule has 0 N–H and O–H groups in total. The van der Waals surface area contributed by atoms with E-state index in [0.29, 0.717) is 23.3 Å². The standard InChI is InChI=1S/C23H20N4O2/c1-15-3-5-17(6-4-15)23(11-12-23)18-7-9-19(10-8-18)28-20-13-24-21(25-14-20)22-26-16(2)27-29-22/h3-10,13-14H,11-12H2,1-2H3. The molecule has 1 aliphatic rings. The second-order valence-corrected chi connectivity index (χ2v) is 7.46. The van der Waals surface area contributed by atoms with E-state index >= 15 is 0 Å². The number of nitrogens with zero attached hydrogens (tertiary/aromatic N) is 4. The Kier molecular flexibility index (Phi) is 4.12. The van der Waals surface area contributed by atoms with Gasteiger partial charge in [0.05, 0.1) is 12.4 Å². The number of ether oxygens (including phenoxy) is 1. The van der Waals surface area contributed by atoms with E-state index in [1.54, 1.807) is 19.3 Å². The lowest BCUT2D eigenvalue weighted by molar-refractivity contribution is 0.422. The molecule has 0 spiro atoms. The van der Waals surface area contributed by atoms with E-state index in [-0.39, 0.29) is 5.41 Å². The van der Waals surface area contributed by atoms with Crippen LogP contribution in [0.3, 0.4) is 0 Å². The quantitative estimate of drug-likeness (QED) is 0.481. The van der Waals surface area contributed by atoms with E-state index in [0.717, 1.165) is 5.75 Å². The second-order valence-electron chi connectivity index (χ2n) is 7.46. The highest BCUT2D eigenvalue weighted by molar-refractivity contribution is 5.47. The largest absolute Gasteiger partial charge is 0.454 e. The minimum atomic E-state index is 0.152. The normalized spacial score (nSPS) is 14.6. The fourth-order valence-electron chi connectivity index (χ4n) is 3.59. The Hall–Kier alpha value is -3.54. The van der Waals surface area contributed by atoms with Gasteiger partial charge in [0.15, 0.2) is 11.6 Å². The maximum Gasteiger partial charge on any atom is 0.295 e. The molecular formula is C23H20N4O2. The van der Waals surface area contributed by atoms with Crippen molar-refractivity contribution in [2.24, 2.45) is 0 Å². The number of hydrogen-bond acceptors (Lipinski definition) is 6. The number of rotatable bonds is 5. The molecule has 2 aromatic carbocycles. The molecule has 6 nitrogen and oxygen atoms in total. The third kappa shape index (κ3) is 3.38. The fraction of sp³-hybridized carbons (Fsp3) is 0.217. The van der Waals surface area contributed by atoms with E-state index in [2.05, 4.69) is 63.4 Å². The van der Waals surface area contributed by atoms with E-state index in [9.17, 15) is 0 Å². The Bertz CT molecular complexity index is 1130. The van der Waals surface area contributed by atoms with Crippen LogP contribution in [0.1, 0.15) is 35.4 Å². The summed E-state index contributed by atoms with van der Waals surface area (Å²) in [6.45, 7) is 3.87. The van der Waals surface area contributed by atoms with Gasteiger partial charge in [0.2, 0.25) is 5.82 Å². The third-order valence-corrected chi connectivity index (χ3v) is 5.34. The van der Waals surface area contributed by atoms with Crippen LogP contribution in [0.15, 0.2) is 65.4 Å². The second kappa shape index (κ2) is 6.81. The Morgan fingerprint density at radius 3 is 2.00 bits per heavy atom. The van der Waals surface area contributed by atoms with Gasteiger partial charge in [0, 0.05) is 5.41 Å². The Labute approximate surface area is 168 Å². The van der Waals surface area contributed by atoms with Crippen LogP contribution in [0.4, 0.5) is 0 Å². The molecule has 0 unspecified atom stereocenters. The number of hydrogen-bond donors (Lipinski definition) is 0. The molecule has 4 aromatic rings. The van der Waals surface area contributed by atoms with Gasteiger partial charge in [0.25, 0.3) is 5.89 Å². The summed E-state index contributed by atoms with van der Waals surface area (Å²) in [5.41, 5.74) is 4.15. The average molecular weight is 384 g/mol. The van der Waals surface area contributed by atoms with Crippen molar-refractivity contribution in [3.05, 3.63) is 83.4 Å². The Morgan fingerprint density at radius 2 is 1.45 bits per heavy atom. The molecule has 0 bridgehead atoms. The van der Waals surface area contributed by atoms with Gasteiger partial charge in [-0.05, 0) is 49.9 Å². The smallest absolute Gasteiger partial charge is 0.295 e. The van der Waals surface area contributed by atoms with Crippen LogP contribution < -0.4 is 4.74 Å². The summed E-state index contributed by atoms with van der Waals surface area (Å²) in [5, 5.41) is 3.74. The molecule has 1 fully saturated rings. The molecule has 0 saturated heterocycles. The molecule has 0 radical (unpaired) electrons. The van der Waals surface area contributed by atoms with Gasteiger partial charge in [0.1, 0.15) is 5.75 Å². The van der Waals surface area contributed by atoms with Crippen molar-refractivity contribution in [3.8, 4) is 23.2 Å². The van der Waals surface area contributed by atoms with E-state index in [1.807, 2.05) is 12.1 Å². The summed E-state index contributed by atoms with van der Waals surface area (Å²) < 4.78 is 11.0. The Balaban J connectivity index is 1.31. The van der Waals surface area contributed by atoms with Crippen molar-refractivity contribution in [3.63, 3.8) is 0 Å². The van der Waals surface area contributed by atoms with Crippen molar-refractivity contribution in [1.82, 2.24) is 20.1 Å². The zero-order valence-electron chi connectivity index (χ0n) is 16.3. The maximum absolute atomic E-state index is 5.89. The van der Waals surface area contributed by atoms with Crippen LogP contribution in [0.5, 0.6) is 11.5 Å². The van der Waals surface area contributed by atoms with Gasteiger partial charge < -0.3 is 9.26 Å². The summed E-state index contributed by atoms with van der Waals surface area (Å²) in [4.78, 5) is 12.6. The predicted octanol–water partition coefficient (Wildman–Crippen LogP) is 5.02. The summed E-state index contributed by atoms with van der Waals surface area (Å²) in [6.07, 6.45) is 5.57. The number of aryl methyl sites for hydroxylation is 2. The maximum atomic E-state index is 5.89. The van der Waals surface area contributed by atoms with Crippen LogP contribution in [0.2, 0.25) is 0 Å². The molecule has 2 aromatic heterocycles. The molecule has 0 amide bonds. The van der Waals surface area contributed by atoms with E-state index in [1.165, 1.54) is 29.5 Å². The SMILES string of the molecule is Cc1ccc(C2(c3ccc(Oc4cnc(-c5nc(C)no5)nc4)cc3)CC2)cc1. The minimum absolute atomic E-state index is 0.152. The first-order valence-corrected chi connectivity index (χ1v) is 9.61. The van der Waals surface area contributed by atoms with Crippen molar-refractivity contribution in [2.75, 3.05) is 0 Å². The van der Waals surface area contributed by atoms with Crippen LogP contribution >= 0.6 is 0 Å². The lowest BCUT2D eigenvalue weighted by Crippen LogP contribution is -2.08. The average Bonchev–Trinajstić information content (AvgIpc) is 3.44. The summed E-state index contributed by atoms with van der Waals surface area (Å²) in [6, 6.07) is 17.2. The highest BCUT2D eigenvalue weighted by Crippen LogP contribution is 2.53. The molecule has 29 heavy (non-hydrogen) atoms. The first-order chi connectivity index (χ1) is 14.1. The lowest BCUT2D eigenvalue weighted by atomic mass is 9.88. The monoisotopic (exact) mass is 384 g/mol. The predicted molar refractivity (Wildman–Crippen MR) is 108 cm³/mol. The lowest BCUT2D eigenvalue weighted by Gasteiger charge is -2.17. The van der Waals surface area contributed by atoms with Crippen molar-refractivity contribution in [1.29, 1.82) is 0 Å². The first kappa shape index (κ1) is 17.6. The van der Waals surface area contributed by atoms with Crippen LogP contribution in [-0.4, -0.2) is 20.1 Å². The van der Waals surface area contributed by atoms with Gasteiger partial charge >= 0.3 is 0 Å². The highest BCUT2D eigenvalue weighted by atomic mass is 16.5. The van der Waals surface area contributed by atoms with Gasteiger partial charge in [-0.3, -0.25) is 0 Å². The Morgan fingerprint density at radius 1 is 0.828 bits per heavy atom. The minimum Gasteiger partial charge on any atom is -0.454 e. The van der Waals surface area contributed by atoms with Gasteiger partial charge in [-0.15, -0.1) is 0 Å². The molecule has 144 valence electrons. The van der Waals surface area contributed by atoms with Gasteiger partial charge in [-0.2, -0.15) is 4.98 Å². The third-order valence-electron chi connectivity index (χ3n) is 5.34. The molecule has 5 rings (SSSR count). The molecule has 2 heterocycles. The summed E-state index contributed by atoms with van der Waals surface area (Å²) in [7, 11) is 0. The van der Waals surface area contributed by atoms with Crippen molar-refractivity contribution in [2.45, 2.75) is 32.1 Å². The van der Waals surface area contributed by atoms with E-state index < -0.39 is 0 Å². The van der Waals surface area contributed by atoms with Gasteiger partial charge in [-0.1, -0.05) is 47.1 Å². The molecule has 6 heteroatoms. The molecule has 0 atom stereocenters. The van der Waals surface area contributed by atoms with E-state index in [4.69, 9.17) is 9.26 Å². The summed E-state index contributed by atoms with van der Waals surface area (Å²) in [5.74, 6) is 2.52. The zero-order chi connectivity index (χ0) is 19.8. The zero-order valence-corrected chi connectivity index (χ0v) is 16.3. The number of aromatic nitrogens is 4. The molecule has 1 saturated carbocycles. The summed E-state index contributed by atoms with van der Waals surface area (Å²) >= 11 is 0. The molecular weight excluding hydrogens is 364 g/mol. The first-order valence-electron chi connectivity index (χ1n) is 9.61. The molecule has 1 aliphatic carbocycles.